The van der Waals surface area contributed by atoms with Gasteiger partial charge >= 0.3 is 6.18 Å². The van der Waals surface area contributed by atoms with Gasteiger partial charge in [-0.3, -0.25) is 9.78 Å². The van der Waals surface area contributed by atoms with Gasteiger partial charge in [0.2, 0.25) is 10.0 Å². The van der Waals surface area contributed by atoms with Gasteiger partial charge in [-0.05, 0) is 67.1 Å². The Morgan fingerprint density at radius 1 is 1.05 bits per heavy atom. The Hall–Kier alpha value is -3.99. The van der Waals surface area contributed by atoms with E-state index in [1.165, 1.54) is 16.6 Å². The quantitative estimate of drug-likeness (QED) is 0.413. The number of rotatable bonds is 5. The van der Waals surface area contributed by atoms with Crippen LogP contribution >= 0.6 is 0 Å². The summed E-state index contributed by atoms with van der Waals surface area (Å²) in [7, 11) is -3.22. The second-order valence-electron chi connectivity index (χ2n) is 10.8. The maximum absolute atomic E-state index is 13.1. The molecule has 0 spiro atoms. The zero-order valence-electron chi connectivity index (χ0n) is 24.3. The number of aryl methyl sites for hydroxylation is 1. The molecule has 232 valence electrons. The van der Waals surface area contributed by atoms with E-state index in [4.69, 9.17) is 9.72 Å². The first-order chi connectivity index (χ1) is 20.9. The molecule has 0 radical (unpaired) electrons. The van der Waals surface area contributed by atoms with Crippen molar-refractivity contribution in [1.82, 2.24) is 14.3 Å². The van der Waals surface area contributed by atoms with Crippen LogP contribution in [-0.2, 0) is 20.9 Å². The van der Waals surface area contributed by atoms with Crippen LogP contribution in [0.5, 0.6) is 0 Å². The van der Waals surface area contributed by atoms with Gasteiger partial charge in [0.1, 0.15) is 11.4 Å². The molecule has 1 N–H and O–H groups in total. The molecule has 3 aromatic rings. The number of anilines is 2. The van der Waals surface area contributed by atoms with E-state index < -0.39 is 27.8 Å². The van der Waals surface area contributed by atoms with Crippen LogP contribution in [-0.4, -0.2) is 74.2 Å². The number of benzene rings is 1. The van der Waals surface area contributed by atoms with Crippen molar-refractivity contribution in [3.8, 4) is 23.0 Å². The summed E-state index contributed by atoms with van der Waals surface area (Å²) >= 11 is 0. The van der Waals surface area contributed by atoms with Gasteiger partial charge in [-0.2, -0.15) is 13.2 Å². The number of halogens is 3. The Morgan fingerprint density at radius 3 is 2.45 bits per heavy atom. The summed E-state index contributed by atoms with van der Waals surface area (Å²) in [5.74, 6) is 5.92. The second kappa shape index (κ2) is 12.9. The maximum Gasteiger partial charge on any atom is 0.433 e. The number of pyridine rings is 2. The van der Waals surface area contributed by atoms with Crippen LogP contribution in [0.4, 0.5) is 24.5 Å². The lowest BCUT2D eigenvalue weighted by Gasteiger charge is -2.30. The number of morpholine rings is 1. The van der Waals surface area contributed by atoms with Gasteiger partial charge < -0.3 is 15.0 Å². The third-order valence-electron chi connectivity index (χ3n) is 7.66. The zero-order valence-corrected chi connectivity index (χ0v) is 25.1. The molecular weight excluding hydrogens is 595 g/mol. The maximum atomic E-state index is 13.1. The van der Waals surface area contributed by atoms with Crippen molar-refractivity contribution in [2.24, 2.45) is 5.92 Å². The molecule has 1 amide bonds. The smallest absolute Gasteiger partial charge is 0.378 e. The fourth-order valence-electron chi connectivity index (χ4n) is 5.19. The number of hydrogen-bond donors (Lipinski definition) is 1. The number of nitrogens with one attached hydrogen (secondary N) is 1. The minimum Gasteiger partial charge on any atom is -0.378 e. The van der Waals surface area contributed by atoms with E-state index in [2.05, 4.69) is 27.0 Å². The van der Waals surface area contributed by atoms with Crippen molar-refractivity contribution >= 4 is 27.3 Å². The van der Waals surface area contributed by atoms with E-state index in [-0.39, 0.29) is 11.5 Å². The lowest BCUT2D eigenvalue weighted by atomic mass is 9.98. The Bertz CT molecular complexity index is 1710. The molecule has 44 heavy (non-hydrogen) atoms. The molecule has 0 aliphatic carbocycles. The standard InChI is InChI=1S/C31H32F3N5O4S/c1-21-3-5-25(37-30(40)23-7-10-35-29(18-23)31(32,33)34)19-26(21)24-17-28(38-13-15-43-16-14-38)27(36-20-24)6-4-22-8-11-39(12-9-22)44(2,41)42/h3,5,7,10,17-20,22H,8-9,11-16H2,1-2H3,(H,37,40). The van der Waals surface area contributed by atoms with Crippen molar-refractivity contribution in [1.29, 1.82) is 0 Å². The fraction of sp³-hybridized carbons (Fsp3) is 0.387. The first-order valence-corrected chi connectivity index (χ1v) is 16.0. The molecule has 4 heterocycles. The number of carbonyl (C=O) groups is 1. The number of piperidine rings is 1. The Balaban J connectivity index is 1.41. The lowest BCUT2D eigenvalue weighted by Crippen LogP contribution is -2.37. The molecule has 0 saturated carbocycles. The van der Waals surface area contributed by atoms with E-state index in [1.54, 1.807) is 18.3 Å². The minimum atomic E-state index is -4.66. The minimum absolute atomic E-state index is 0.0576. The number of sulfonamides is 1. The highest BCUT2D eigenvalue weighted by molar-refractivity contribution is 7.88. The van der Waals surface area contributed by atoms with Crippen LogP contribution in [0.2, 0.25) is 0 Å². The molecule has 9 nitrogen and oxygen atoms in total. The number of aromatic nitrogens is 2. The fourth-order valence-corrected chi connectivity index (χ4v) is 6.06. The lowest BCUT2D eigenvalue weighted by molar-refractivity contribution is -0.141. The topological polar surface area (TPSA) is 105 Å². The molecule has 0 bridgehead atoms. The summed E-state index contributed by atoms with van der Waals surface area (Å²) in [6, 6.07) is 9.23. The first kappa shape index (κ1) is 31.4. The molecule has 2 aromatic heterocycles. The Morgan fingerprint density at radius 2 is 1.77 bits per heavy atom. The number of amides is 1. The molecule has 0 unspecified atom stereocenters. The van der Waals surface area contributed by atoms with Gasteiger partial charge in [0.15, 0.2) is 0 Å². The summed E-state index contributed by atoms with van der Waals surface area (Å²) in [4.78, 5) is 23.0. The van der Waals surface area contributed by atoms with Gasteiger partial charge in [-0.1, -0.05) is 12.0 Å². The number of alkyl halides is 3. The second-order valence-corrected chi connectivity index (χ2v) is 12.8. The normalized spacial score (nSPS) is 16.7. The van der Waals surface area contributed by atoms with Gasteiger partial charge in [-0.15, -0.1) is 0 Å². The number of hydrogen-bond acceptors (Lipinski definition) is 7. The molecule has 5 rings (SSSR count). The average molecular weight is 628 g/mol. The van der Waals surface area contributed by atoms with Gasteiger partial charge in [0.25, 0.3) is 5.91 Å². The molecule has 2 fully saturated rings. The summed E-state index contributed by atoms with van der Waals surface area (Å²) in [5.41, 5.74) is 3.07. The van der Waals surface area contributed by atoms with E-state index in [0.29, 0.717) is 63.6 Å². The van der Waals surface area contributed by atoms with Crippen LogP contribution < -0.4 is 10.2 Å². The van der Waals surface area contributed by atoms with Crippen molar-refractivity contribution in [3.05, 3.63) is 71.3 Å². The van der Waals surface area contributed by atoms with Crippen molar-refractivity contribution < 1.29 is 31.1 Å². The molecule has 2 aliphatic heterocycles. The first-order valence-electron chi connectivity index (χ1n) is 14.1. The largest absolute Gasteiger partial charge is 0.433 e. The molecule has 2 aliphatic rings. The third kappa shape index (κ3) is 7.56. The molecule has 13 heteroatoms. The van der Waals surface area contributed by atoms with Crippen LogP contribution in [0, 0.1) is 24.7 Å². The van der Waals surface area contributed by atoms with Crippen LogP contribution in [0.3, 0.4) is 0 Å². The van der Waals surface area contributed by atoms with E-state index in [0.717, 1.165) is 34.6 Å². The van der Waals surface area contributed by atoms with Crippen LogP contribution in [0.15, 0.2) is 48.8 Å². The highest BCUT2D eigenvalue weighted by Gasteiger charge is 2.33. The van der Waals surface area contributed by atoms with Gasteiger partial charge in [-0.25, -0.2) is 17.7 Å². The number of nitrogens with zero attached hydrogens (tertiary/aromatic N) is 4. The highest BCUT2D eigenvalue weighted by Crippen LogP contribution is 2.32. The molecular formula is C31H32F3N5O4S. The average Bonchev–Trinajstić information content (AvgIpc) is 3.01. The predicted octanol–water partition coefficient (Wildman–Crippen LogP) is 4.58. The number of carbonyl (C=O) groups excluding carboxylic acids is 1. The number of ether oxygens (including phenoxy) is 1. The SMILES string of the molecule is Cc1ccc(NC(=O)c2ccnc(C(F)(F)F)c2)cc1-c1cnc(C#CC2CCN(S(C)(=O)=O)CC2)c(N2CCOCC2)c1. The zero-order chi connectivity index (χ0) is 31.5. The van der Waals surface area contributed by atoms with Crippen LogP contribution in [0.25, 0.3) is 11.1 Å². The molecule has 2 saturated heterocycles. The Labute approximate surface area is 254 Å². The van der Waals surface area contributed by atoms with Crippen LogP contribution in [0.1, 0.15) is 40.2 Å². The summed E-state index contributed by atoms with van der Waals surface area (Å²) in [6.07, 6.45) is 0.537. The third-order valence-corrected chi connectivity index (χ3v) is 8.96. The Kier molecular flexibility index (Phi) is 9.24. The summed E-state index contributed by atoms with van der Waals surface area (Å²) in [5, 5.41) is 2.69. The summed E-state index contributed by atoms with van der Waals surface area (Å²) in [6.45, 7) is 5.25. The van der Waals surface area contributed by atoms with Crippen molar-refractivity contribution in [3.63, 3.8) is 0 Å². The van der Waals surface area contributed by atoms with Gasteiger partial charge in [0.05, 0.1) is 25.2 Å². The van der Waals surface area contributed by atoms with Crippen molar-refractivity contribution in [2.75, 3.05) is 55.9 Å². The molecule has 1 aromatic carbocycles. The monoisotopic (exact) mass is 627 g/mol. The molecule has 0 atom stereocenters. The van der Waals surface area contributed by atoms with E-state index >= 15 is 0 Å². The predicted molar refractivity (Wildman–Crippen MR) is 161 cm³/mol. The van der Waals surface area contributed by atoms with E-state index in [1.807, 2.05) is 19.1 Å². The highest BCUT2D eigenvalue weighted by atomic mass is 32.2. The summed E-state index contributed by atoms with van der Waals surface area (Å²) < 4.78 is 70.0. The van der Waals surface area contributed by atoms with E-state index in [9.17, 15) is 26.4 Å². The van der Waals surface area contributed by atoms with Gasteiger partial charge in [0, 0.05) is 61.3 Å². The van der Waals surface area contributed by atoms with Crippen molar-refractivity contribution in [2.45, 2.75) is 25.9 Å².